The molecule has 1 aromatic carbocycles. The molecule has 0 aliphatic heterocycles. The van der Waals surface area contributed by atoms with Crippen molar-refractivity contribution < 1.29 is 9.53 Å². The maximum absolute atomic E-state index is 12.0. The fourth-order valence-corrected chi connectivity index (χ4v) is 2.59. The Kier molecular flexibility index (Phi) is 4.37. The number of ether oxygens (including phenoxy) is 1. The van der Waals surface area contributed by atoms with Crippen LogP contribution in [0.5, 0.6) is 5.75 Å². The summed E-state index contributed by atoms with van der Waals surface area (Å²) in [5.41, 5.74) is 2.95. The van der Waals surface area contributed by atoms with Crippen molar-refractivity contribution in [2.45, 2.75) is 25.8 Å². The molecule has 1 saturated carbocycles. The topological polar surface area (TPSA) is 51.2 Å². The second-order valence-corrected chi connectivity index (χ2v) is 5.59. The molecule has 22 heavy (non-hydrogen) atoms. The normalized spacial score (nSPS) is 14.2. The summed E-state index contributed by atoms with van der Waals surface area (Å²) in [5, 5.41) is 3.03. The number of nitrogens with one attached hydrogen (secondary N) is 1. The fourth-order valence-electron chi connectivity index (χ4n) is 2.59. The molecule has 1 fully saturated rings. The molecule has 114 valence electrons. The van der Waals surface area contributed by atoms with Gasteiger partial charge in [0.2, 0.25) is 5.91 Å². The van der Waals surface area contributed by atoms with Crippen LogP contribution < -0.4 is 10.1 Å². The summed E-state index contributed by atoms with van der Waals surface area (Å²) in [6.45, 7) is 0.518. The van der Waals surface area contributed by atoms with Crippen molar-refractivity contribution in [2.75, 3.05) is 7.11 Å². The zero-order chi connectivity index (χ0) is 15.4. The lowest BCUT2D eigenvalue weighted by Gasteiger charge is -2.24. The number of benzene rings is 1. The van der Waals surface area contributed by atoms with Gasteiger partial charge in [-0.05, 0) is 48.7 Å². The molecule has 0 atom stereocenters. The van der Waals surface area contributed by atoms with Gasteiger partial charge in [0.05, 0.1) is 12.8 Å². The minimum absolute atomic E-state index is 0.163. The van der Waals surface area contributed by atoms with Crippen LogP contribution in [0.25, 0.3) is 11.3 Å². The van der Waals surface area contributed by atoms with Crippen LogP contribution in [-0.2, 0) is 11.3 Å². The van der Waals surface area contributed by atoms with Crippen LogP contribution in [0.15, 0.2) is 42.6 Å². The molecule has 1 aliphatic rings. The minimum Gasteiger partial charge on any atom is -0.497 e. The predicted molar refractivity (Wildman–Crippen MR) is 85.4 cm³/mol. The first-order valence-corrected chi connectivity index (χ1v) is 7.64. The number of methoxy groups -OCH3 is 1. The highest BCUT2D eigenvalue weighted by Crippen LogP contribution is 2.27. The molecule has 1 aliphatic carbocycles. The molecule has 3 rings (SSSR count). The molecule has 0 spiro atoms. The Morgan fingerprint density at radius 2 is 2.05 bits per heavy atom. The van der Waals surface area contributed by atoms with E-state index in [0.29, 0.717) is 6.54 Å². The Hall–Kier alpha value is -2.36. The highest BCUT2D eigenvalue weighted by Gasteiger charge is 2.24. The number of carbonyl (C=O) groups excluding carboxylic acids is 1. The first-order valence-electron chi connectivity index (χ1n) is 7.64. The molecule has 1 heterocycles. The van der Waals surface area contributed by atoms with Gasteiger partial charge in [-0.2, -0.15) is 0 Å². The van der Waals surface area contributed by atoms with E-state index >= 15 is 0 Å². The van der Waals surface area contributed by atoms with Gasteiger partial charge in [-0.25, -0.2) is 0 Å². The summed E-state index contributed by atoms with van der Waals surface area (Å²) in [5.74, 6) is 1.19. The quantitative estimate of drug-likeness (QED) is 0.922. The van der Waals surface area contributed by atoms with Crippen LogP contribution >= 0.6 is 0 Å². The molecule has 2 aromatic rings. The predicted octanol–water partition coefficient (Wildman–Crippen LogP) is 3.17. The standard InChI is InChI=1S/C18H20N2O2/c1-22-16-9-7-13(8-10-16)17-15(6-3-11-19-17)12-20-18(21)14-4-2-5-14/h3,6-11,14H,2,4-5,12H2,1H3,(H,20,21). The van der Waals surface area contributed by atoms with Crippen LogP contribution in [0.4, 0.5) is 0 Å². The van der Waals surface area contributed by atoms with Crippen molar-refractivity contribution in [2.24, 2.45) is 5.92 Å². The summed E-state index contributed by atoms with van der Waals surface area (Å²) in [6, 6.07) is 11.7. The van der Waals surface area contributed by atoms with Crippen molar-refractivity contribution in [3.63, 3.8) is 0 Å². The summed E-state index contributed by atoms with van der Waals surface area (Å²) < 4.78 is 5.18. The van der Waals surface area contributed by atoms with E-state index in [1.807, 2.05) is 36.4 Å². The number of aromatic nitrogens is 1. The van der Waals surface area contributed by atoms with Gasteiger partial charge in [0.1, 0.15) is 5.75 Å². The van der Waals surface area contributed by atoms with E-state index in [-0.39, 0.29) is 11.8 Å². The monoisotopic (exact) mass is 296 g/mol. The van der Waals surface area contributed by atoms with Crippen molar-refractivity contribution in [3.8, 4) is 17.0 Å². The van der Waals surface area contributed by atoms with E-state index in [0.717, 1.165) is 35.4 Å². The Morgan fingerprint density at radius 3 is 2.68 bits per heavy atom. The van der Waals surface area contributed by atoms with Gasteiger partial charge in [-0.15, -0.1) is 0 Å². The molecular weight excluding hydrogens is 276 g/mol. The van der Waals surface area contributed by atoms with E-state index in [1.165, 1.54) is 6.42 Å². The molecule has 1 amide bonds. The number of nitrogens with zero attached hydrogens (tertiary/aromatic N) is 1. The summed E-state index contributed by atoms with van der Waals surface area (Å²) in [4.78, 5) is 16.5. The number of amides is 1. The maximum atomic E-state index is 12.0. The Labute approximate surface area is 130 Å². The average molecular weight is 296 g/mol. The van der Waals surface area contributed by atoms with Gasteiger partial charge >= 0.3 is 0 Å². The maximum Gasteiger partial charge on any atom is 0.223 e. The van der Waals surface area contributed by atoms with Crippen molar-refractivity contribution in [1.82, 2.24) is 10.3 Å². The molecular formula is C18H20N2O2. The van der Waals surface area contributed by atoms with E-state index in [1.54, 1.807) is 13.3 Å². The number of rotatable bonds is 5. The Balaban J connectivity index is 1.75. The molecule has 4 nitrogen and oxygen atoms in total. The minimum atomic E-state index is 0.163. The van der Waals surface area contributed by atoms with Crippen LogP contribution in [0.3, 0.4) is 0 Å². The Morgan fingerprint density at radius 1 is 1.27 bits per heavy atom. The highest BCUT2D eigenvalue weighted by atomic mass is 16.5. The molecule has 0 saturated heterocycles. The lowest BCUT2D eigenvalue weighted by molar-refractivity contribution is -0.127. The van der Waals surface area contributed by atoms with Crippen molar-refractivity contribution in [1.29, 1.82) is 0 Å². The van der Waals surface area contributed by atoms with Gasteiger partial charge < -0.3 is 10.1 Å². The van der Waals surface area contributed by atoms with Crippen molar-refractivity contribution >= 4 is 5.91 Å². The first-order chi connectivity index (χ1) is 10.8. The van der Waals surface area contributed by atoms with Gasteiger partial charge in [-0.3, -0.25) is 9.78 Å². The molecule has 1 N–H and O–H groups in total. The lowest BCUT2D eigenvalue weighted by Crippen LogP contribution is -2.34. The molecule has 4 heteroatoms. The second-order valence-electron chi connectivity index (χ2n) is 5.59. The molecule has 0 unspecified atom stereocenters. The smallest absolute Gasteiger partial charge is 0.223 e. The molecule has 0 radical (unpaired) electrons. The van der Waals surface area contributed by atoms with E-state index in [9.17, 15) is 4.79 Å². The molecule has 0 bridgehead atoms. The zero-order valence-corrected chi connectivity index (χ0v) is 12.7. The van der Waals surface area contributed by atoms with Crippen molar-refractivity contribution in [3.05, 3.63) is 48.2 Å². The van der Waals surface area contributed by atoms with Gasteiger partial charge in [0, 0.05) is 24.2 Å². The van der Waals surface area contributed by atoms with Gasteiger partial charge in [-0.1, -0.05) is 12.5 Å². The average Bonchev–Trinajstić information content (AvgIpc) is 2.52. The lowest BCUT2D eigenvalue weighted by atomic mass is 9.85. The third-order valence-corrected chi connectivity index (χ3v) is 4.18. The van der Waals surface area contributed by atoms with E-state index in [2.05, 4.69) is 10.3 Å². The largest absolute Gasteiger partial charge is 0.497 e. The fraction of sp³-hybridized carbons (Fsp3) is 0.333. The van der Waals surface area contributed by atoms with Gasteiger partial charge in [0.15, 0.2) is 0 Å². The Bertz CT molecular complexity index is 648. The summed E-state index contributed by atoms with van der Waals surface area (Å²) in [7, 11) is 1.65. The van der Waals surface area contributed by atoms with E-state index in [4.69, 9.17) is 4.74 Å². The highest BCUT2D eigenvalue weighted by molar-refractivity contribution is 5.79. The summed E-state index contributed by atoms with van der Waals surface area (Å²) in [6.07, 6.45) is 4.98. The first kappa shape index (κ1) is 14.6. The SMILES string of the molecule is COc1ccc(-c2ncccc2CNC(=O)C2CCC2)cc1. The van der Waals surface area contributed by atoms with Crippen LogP contribution in [0.2, 0.25) is 0 Å². The third-order valence-electron chi connectivity index (χ3n) is 4.18. The second kappa shape index (κ2) is 6.60. The number of hydrogen-bond acceptors (Lipinski definition) is 3. The zero-order valence-electron chi connectivity index (χ0n) is 12.7. The summed E-state index contributed by atoms with van der Waals surface area (Å²) >= 11 is 0. The van der Waals surface area contributed by atoms with Crippen LogP contribution in [-0.4, -0.2) is 18.0 Å². The van der Waals surface area contributed by atoms with E-state index < -0.39 is 0 Å². The third kappa shape index (κ3) is 3.11. The van der Waals surface area contributed by atoms with Gasteiger partial charge in [0.25, 0.3) is 0 Å². The van der Waals surface area contributed by atoms with Crippen LogP contribution in [0, 0.1) is 5.92 Å². The number of carbonyl (C=O) groups is 1. The number of pyridine rings is 1. The van der Waals surface area contributed by atoms with Crippen LogP contribution in [0.1, 0.15) is 24.8 Å². The molecule has 1 aromatic heterocycles. The number of hydrogen-bond donors (Lipinski definition) is 1.